The number of ether oxygens (including phenoxy) is 2. The summed E-state index contributed by atoms with van der Waals surface area (Å²) in [5.41, 5.74) is 1.15. The first kappa shape index (κ1) is 13.4. The third-order valence-corrected chi connectivity index (χ3v) is 2.81. The summed E-state index contributed by atoms with van der Waals surface area (Å²) in [6.45, 7) is 3.83. The summed E-state index contributed by atoms with van der Waals surface area (Å²) >= 11 is 0. The summed E-state index contributed by atoms with van der Waals surface area (Å²) in [7, 11) is 1.65. The van der Waals surface area contributed by atoms with E-state index in [-0.39, 0.29) is 0 Å². The van der Waals surface area contributed by atoms with Gasteiger partial charge >= 0.3 is 0 Å². The van der Waals surface area contributed by atoms with Crippen molar-refractivity contribution in [1.29, 1.82) is 0 Å². The van der Waals surface area contributed by atoms with Crippen molar-refractivity contribution in [2.24, 2.45) is 0 Å². The summed E-state index contributed by atoms with van der Waals surface area (Å²) < 4.78 is 11.1. The molecule has 0 aliphatic carbocycles. The van der Waals surface area contributed by atoms with E-state index in [0.717, 1.165) is 35.9 Å². The Kier molecular flexibility index (Phi) is 4.81. The van der Waals surface area contributed by atoms with E-state index < -0.39 is 0 Å². The molecule has 19 heavy (non-hydrogen) atoms. The molecule has 0 atom stereocenters. The molecule has 0 fully saturated rings. The summed E-state index contributed by atoms with van der Waals surface area (Å²) in [6.07, 6.45) is 0. The Morgan fingerprint density at radius 3 is 2.58 bits per heavy atom. The lowest BCUT2D eigenvalue weighted by Crippen LogP contribution is -2.12. The van der Waals surface area contributed by atoms with Crippen LogP contribution in [0, 0.1) is 0 Å². The maximum atomic E-state index is 5.93. The zero-order valence-corrected chi connectivity index (χ0v) is 11.3. The van der Waals surface area contributed by atoms with Crippen LogP contribution in [0.15, 0.2) is 48.5 Å². The van der Waals surface area contributed by atoms with Crippen molar-refractivity contribution >= 4 is 0 Å². The quantitative estimate of drug-likeness (QED) is 0.857. The largest absolute Gasteiger partial charge is 0.497 e. The highest BCUT2D eigenvalue weighted by Crippen LogP contribution is 2.27. The molecular weight excluding hydrogens is 238 g/mol. The van der Waals surface area contributed by atoms with Crippen LogP contribution in [0.2, 0.25) is 0 Å². The minimum Gasteiger partial charge on any atom is -0.497 e. The SMILES string of the molecule is CCNCc1ccccc1Oc1cccc(OC)c1. The number of hydrogen-bond donors (Lipinski definition) is 1. The molecule has 1 N–H and O–H groups in total. The van der Waals surface area contributed by atoms with E-state index in [4.69, 9.17) is 9.47 Å². The molecule has 0 bridgehead atoms. The van der Waals surface area contributed by atoms with Crippen LogP contribution in [-0.4, -0.2) is 13.7 Å². The normalized spacial score (nSPS) is 10.2. The molecule has 0 heterocycles. The van der Waals surface area contributed by atoms with E-state index in [2.05, 4.69) is 18.3 Å². The number of benzene rings is 2. The number of para-hydroxylation sites is 1. The second-order valence-corrected chi connectivity index (χ2v) is 4.17. The monoisotopic (exact) mass is 257 g/mol. The molecule has 2 aromatic carbocycles. The van der Waals surface area contributed by atoms with Gasteiger partial charge in [-0.3, -0.25) is 0 Å². The van der Waals surface area contributed by atoms with E-state index in [1.165, 1.54) is 0 Å². The van der Waals surface area contributed by atoms with E-state index >= 15 is 0 Å². The Balaban J connectivity index is 2.17. The Bertz CT molecular complexity index is 526. The van der Waals surface area contributed by atoms with Crippen LogP contribution in [0.25, 0.3) is 0 Å². The van der Waals surface area contributed by atoms with Gasteiger partial charge in [-0.25, -0.2) is 0 Å². The molecule has 0 saturated heterocycles. The summed E-state index contributed by atoms with van der Waals surface area (Å²) in [6, 6.07) is 15.7. The second-order valence-electron chi connectivity index (χ2n) is 4.17. The lowest BCUT2D eigenvalue weighted by Gasteiger charge is -2.12. The van der Waals surface area contributed by atoms with Gasteiger partial charge in [0.2, 0.25) is 0 Å². The lowest BCUT2D eigenvalue weighted by molar-refractivity contribution is 0.408. The maximum absolute atomic E-state index is 5.93. The molecule has 2 rings (SSSR count). The molecule has 3 nitrogen and oxygen atoms in total. The molecule has 0 aromatic heterocycles. The predicted octanol–water partition coefficient (Wildman–Crippen LogP) is 3.60. The Hall–Kier alpha value is -2.00. The number of rotatable bonds is 6. The molecule has 0 amide bonds. The smallest absolute Gasteiger partial charge is 0.131 e. The average molecular weight is 257 g/mol. The number of nitrogens with one attached hydrogen (secondary N) is 1. The Morgan fingerprint density at radius 2 is 1.79 bits per heavy atom. The second kappa shape index (κ2) is 6.81. The fourth-order valence-corrected chi connectivity index (χ4v) is 1.80. The summed E-state index contributed by atoms with van der Waals surface area (Å²) in [5.74, 6) is 2.45. The standard InChI is InChI=1S/C16H19NO2/c1-3-17-12-13-7-4-5-10-16(13)19-15-9-6-8-14(11-15)18-2/h4-11,17H,3,12H2,1-2H3. The molecule has 0 aliphatic heterocycles. The van der Waals surface area contributed by atoms with Gasteiger partial charge in [0.15, 0.2) is 0 Å². The van der Waals surface area contributed by atoms with Crippen LogP contribution in [0.3, 0.4) is 0 Å². The van der Waals surface area contributed by atoms with Crippen LogP contribution in [0.1, 0.15) is 12.5 Å². The first-order valence-electron chi connectivity index (χ1n) is 6.44. The van der Waals surface area contributed by atoms with Crippen LogP contribution in [0.4, 0.5) is 0 Å². The first-order valence-corrected chi connectivity index (χ1v) is 6.44. The lowest BCUT2D eigenvalue weighted by atomic mass is 10.2. The molecular formula is C16H19NO2. The van der Waals surface area contributed by atoms with Crippen molar-refractivity contribution in [2.45, 2.75) is 13.5 Å². The number of methoxy groups -OCH3 is 1. The predicted molar refractivity (Wildman–Crippen MR) is 76.9 cm³/mol. The molecule has 2 aromatic rings. The molecule has 3 heteroatoms. The Labute approximate surface area is 114 Å². The van der Waals surface area contributed by atoms with Crippen molar-refractivity contribution in [3.63, 3.8) is 0 Å². The molecule has 0 radical (unpaired) electrons. The maximum Gasteiger partial charge on any atom is 0.131 e. The molecule has 0 spiro atoms. The van der Waals surface area contributed by atoms with Crippen LogP contribution in [0.5, 0.6) is 17.2 Å². The minimum atomic E-state index is 0.781. The fraction of sp³-hybridized carbons (Fsp3) is 0.250. The first-order chi connectivity index (χ1) is 9.33. The fourth-order valence-electron chi connectivity index (χ4n) is 1.80. The van der Waals surface area contributed by atoms with Gasteiger partial charge in [-0.2, -0.15) is 0 Å². The highest BCUT2D eigenvalue weighted by Gasteiger charge is 2.04. The van der Waals surface area contributed by atoms with Gasteiger partial charge in [0.05, 0.1) is 7.11 Å². The van der Waals surface area contributed by atoms with Crippen molar-refractivity contribution in [3.8, 4) is 17.2 Å². The van der Waals surface area contributed by atoms with Gasteiger partial charge in [-0.05, 0) is 24.7 Å². The minimum absolute atomic E-state index is 0.781. The average Bonchev–Trinajstić information content (AvgIpc) is 2.46. The Morgan fingerprint density at radius 1 is 1.00 bits per heavy atom. The van der Waals surface area contributed by atoms with Gasteiger partial charge in [-0.1, -0.05) is 31.2 Å². The molecule has 0 saturated carbocycles. The highest BCUT2D eigenvalue weighted by atomic mass is 16.5. The molecule has 0 aliphatic rings. The van der Waals surface area contributed by atoms with Crippen molar-refractivity contribution in [3.05, 3.63) is 54.1 Å². The summed E-state index contributed by atoms with van der Waals surface area (Å²) in [5, 5.41) is 3.31. The van der Waals surface area contributed by atoms with E-state index in [1.807, 2.05) is 42.5 Å². The zero-order valence-electron chi connectivity index (χ0n) is 11.3. The molecule has 100 valence electrons. The zero-order chi connectivity index (χ0) is 13.5. The third kappa shape index (κ3) is 3.73. The van der Waals surface area contributed by atoms with Gasteiger partial charge in [-0.15, -0.1) is 0 Å². The van der Waals surface area contributed by atoms with E-state index in [9.17, 15) is 0 Å². The topological polar surface area (TPSA) is 30.5 Å². The van der Waals surface area contributed by atoms with E-state index in [1.54, 1.807) is 7.11 Å². The van der Waals surface area contributed by atoms with Crippen LogP contribution >= 0.6 is 0 Å². The molecule has 0 unspecified atom stereocenters. The van der Waals surface area contributed by atoms with Gasteiger partial charge < -0.3 is 14.8 Å². The van der Waals surface area contributed by atoms with Crippen molar-refractivity contribution in [1.82, 2.24) is 5.32 Å². The highest BCUT2D eigenvalue weighted by molar-refractivity contribution is 5.40. The van der Waals surface area contributed by atoms with Gasteiger partial charge in [0, 0.05) is 18.2 Å². The van der Waals surface area contributed by atoms with Gasteiger partial charge in [0.1, 0.15) is 17.2 Å². The van der Waals surface area contributed by atoms with Crippen LogP contribution in [-0.2, 0) is 6.54 Å². The van der Waals surface area contributed by atoms with Gasteiger partial charge in [0.25, 0.3) is 0 Å². The van der Waals surface area contributed by atoms with Crippen molar-refractivity contribution < 1.29 is 9.47 Å². The third-order valence-electron chi connectivity index (χ3n) is 2.81. The van der Waals surface area contributed by atoms with Crippen LogP contribution < -0.4 is 14.8 Å². The summed E-state index contributed by atoms with van der Waals surface area (Å²) in [4.78, 5) is 0. The van der Waals surface area contributed by atoms with Crippen molar-refractivity contribution in [2.75, 3.05) is 13.7 Å². The number of hydrogen-bond acceptors (Lipinski definition) is 3. The van der Waals surface area contributed by atoms with E-state index in [0.29, 0.717) is 0 Å².